The number of carbonyl (C=O) groups is 5. The summed E-state index contributed by atoms with van der Waals surface area (Å²) in [6, 6.07) is 2.43. The number of nitrogens with zero attached hydrogens (tertiary/aromatic N) is 1. The second-order valence-electron chi connectivity index (χ2n) is 9.55. The molecule has 0 saturated heterocycles. The third-order valence-corrected chi connectivity index (χ3v) is 4.87. The Kier molecular flexibility index (Phi) is 11.8. The van der Waals surface area contributed by atoms with Gasteiger partial charge in [0.15, 0.2) is 0 Å². The lowest BCUT2D eigenvalue weighted by molar-refractivity contribution is -0.146. The summed E-state index contributed by atoms with van der Waals surface area (Å²) in [5.74, 6) is -2.77. The summed E-state index contributed by atoms with van der Waals surface area (Å²) < 4.78 is 10.1. The largest absolute Gasteiger partial charge is 0.508 e. The number of nitrogens with two attached hydrogens (primary N) is 1. The van der Waals surface area contributed by atoms with Crippen LogP contribution in [-0.4, -0.2) is 70.6 Å². The zero-order valence-electron chi connectivity index (χ0n) is 22.2. The van der Waals surface area contributed by atoms with E-state index in [1.807, 2.05) is 0 Å². The van der Waals surface area contributed by atoms with Crippen LogP contribution >= 0.6 is 0 Å². The molecule has 4 amide bonds. The summed E-state index contributed by atoms with van der Waals surface area (Å²) in [5.41, 5.74) is 4.83. The minimum atomic E-state index is -1.42. The van der Waals surface area contributed by atoms with E-state index in [1.165, 1.54) is 29.2 Å². The summed E-state index contributed by atoms with van der Waals surface area (Å²) >= 11 is 0. The lowest BCUT2D eigenvalue weighted by Gasteiger charge is -2.37. The maximum Gasteiger partial charge on any atom is 0.408 e. The molecule has 0 saturated carbocycles. The molecular formula is C25H38N4O8. The van der Waals surface area contributed by atoms with E-state index in [0.717, 1.165) is 0 Å². The van der Waals surface area contributed by atoms with Gasteiger partial charge in [0, 0.05) is 12.6 Å². The summed E-state index contributed by atoms with van der Waals surface area (Å²) in [7, 11) is 0. The lowest BCUT2D eigenvalue weighted by Crippen LogP contribution is -2.56. The summed E-state index contributed by atoms with van der Waals surface area (Å²) in [4.78, 5) is 64.1. The predicted octanol–water partition coefficient (Wildman–Crippen LogP) is 1.51. The molecule has 2 atom stereocenters. The lowest BCUT2D eigenvalue weighted by atomic mass is 10.00. The molecule has 1 rings (SSSR count). The van der Waals surface area contributed by atoms with E-state index in [4.69, 9.17) is 15.2 Å². The fourth-order valence-electron chi connectivity index (χ4n) is 3.42. The highest BCUT2D eigenvalue weighted by Crippen LogP contribution is 2.27. The molecule has 1 aromatic rings. The molecule has 0 aromatic heterocycles. The number of nitrogens with one attached hydrogen (secondary N) is 2. The van der Waals surface area contributed by atoms with Gasteiger partial charge in [0.2, 0.25) is 17.7 Å². The normalized spacial score (nSPS) is 12.7. The van der Waals surface area contributed by atoms with E-state index in [0.29, 0.717) is 5.56 Å². The van der Waals surface area contributed by atoms with Gasteiger partial charge in [0.25, 0.3) is 0 Å². The molecule has 206 valence electrons. The Bertz CT molecular complexity index is 956. The zero-order valence-corrected chi connectivity index (χ0v) is 22.2. The van der Waals surface area contributed by atoms with Gasteiger partial charge in [-0.1, -0.05) is 12.1 Å². The van der Waals surface area contributed by atoms with Crippen LogP contribution in [0.1, 0.15) is 66.0 Å². The Morgan fingerprint density at radius 1 is 1.08 bits per heavy atom. The first kappa shape index (κ1) is 31.2. The van der Waals surface area contributed by atoms with Crippen LogP contribution < -0.4 is 16.4 Å². The average Bonchev–Trinajstić information content (AvgIpc) is 2.75. The molecular weight excluding hydrogens is 484 g/mol. The SMILES string of the molecule is CCOC(=O)CCNC(=O)C(c1ccc(O)cc1)N(C(=O)C(CC(N)=O)NC(=O)OC(C)(C)C)C(C)C. The van der Waals surface area contributed by atoms with E-state index in [1.54, 1.807) is 41.5 Å². The van der Waals surface area contributed by atoms with Crippen LogP contribution in [0.3, 0.4) is 0 Å². The number of rotatable bonds is 12. The van der Waals surface area contributed by atoms with Crippen LogP contribution in [0.5, 0.6) is 5.75 Å². The number of aromatic hydroxyl groups is 1. The van der Waals surface area contributed by atoms with Crippen LogP contribution in [0.2, 0.25) is 0 Å². The van der Waals surface area contributed by atoms with Gasteiger partial charge in [0.1, 0.15) is 23.4 Å². The quantitative estimate of drug-likeness (QED) is 0.298. The first-order valence-corrected chi connectivity index (χ1v) is 12.0. The van der Waals surface area contributed by atoms with Gasteiger partial charge < -0.3 is 35.8 Å². The zero-order chi connectivity index (χ0) is 28.3. The number of esters is 1. The number of carbonyl (C=O) groups excluding carboxylic acids is 5. The van der Waals surface area contributed by atoms with E-state index in [-0.39, 0.29) is 25.3 Å². The fourth-order valence-corrected chi connectivity index (χ4v) is 3.42. The highest BCUT2D eigenvalue weighted by molar-refractivity contribution is 5.94. The second kappa shape index (κ2) is 14.0. The molecule has 0 heterocycles. The van der Waals surface area contributed by atoms with Crippen molar-refractivity contribution in [3.8, 4) is 5.75 Å². The molecule has 0 radical (unpaired) electrons. The smallest absolute Gasteiger partial charge is 0.408 e. The van der Waals surface area contributed by atoms with Gasteiger partial charge in [-0.15, -0.1) is 0 Å². The maximum absolute atomic E-state index is 13.7. The van der Waals surface area contributed by atoms with Crippen LogP contribution in [0, 0.1) is 0 Å². The topological polar surface area (TPSA) is 177 Å². The van der Waals surface area contributed by atoms with Crippen molar-refractivity contribution < 1.29 is 38.6 Å². The molecule has 0 spiro atoms. The summed E-state index contributed by atoms with van der Waals surface area (Å²) in [6.07, 6.45) is -1.55. The van der Waals surface area contributed by atoms with Gasteiger partial charge in [-0.2, -0.15) is 0 Å². The van der Waals surface area contributed by atoms with E-state index >= 15 is 0 Å². The number of benzene rings is 1. The van der Waals surface area contributed by atoms with Crippen molar-refractivity contribution in [2.75, 3.05) is 13.2 Å². The van der Waals surface area contributed by atoms with Crippen molar-refractivity contribution in [3.05, 3.63) is 29.8 Å². The van der Waals surface area contributed by atoms with Crippen molar-refractivity contribution in [1.82, 2.24) is 15.5 Å². The Labute approximate surface area is 216 Å². The van der Waals surface area contributed by atoms with E-state index < -0.39 is 59.9 Å². The standard InChI is InChI=1S/C25H38N4O8/c1-7-36-20(32)12-13-27-22(33)21(16-8-10-17(30)11-9-16)29(15(2)3)23(34)18(14-19(26)31)28-24(35)37-25(4,5)6/h8-11,15,18,21,30H,7,12-14H2,1-6H3,(H2,26,31)(H,27,33)(H,28,35). The Hall–Kier alpha value is -3.83. The van der Waals surface area contributed by atoms with Crippen molar-refractivity contribution in [2.45, 2.75) is 78.1 Å². The predicted molar refractivity (Wildman–Crippen MR) is 134 cm³/mol. The van der Waals surface area contributed by atoms with Crippen LogP contribution in [-0.2, 0) is 28.7 Å². The number of amides is 4. The van der Waals surface area contributed by atoms with Crippen molar-refractivity contribution >= 4 is 29.8 Å². The van der Waals surface area contributed by atoms with E-state index in [2.05, 4.69) is 10.6 Å². The number of ether oxygens (including phenoxy) is 2. The molecule has 37 heavy (non-hydrogen) atoms. The average molecular weight is 523 g/mol. The molecule has 0 aliphatic carbocycles. The molecule has 0 fully saturated rings. The summed E-state index contributed by atoms with van der Waals surface area (Å²) in [5, 5.41) is 14.7. The fraction of sp³-hybridized carbons (Fsp3) is 0.560. The van der Waals surface area contributed by atoms with Crippen molar-refractivity contribution in [1.29, 1.82) is 0 Å². The Morgan fingerprint density at radius 3 is 2.16 bits per heavy atom. The molecule has 5 N–H and O–H groups in total. The number of phenols is 1. The minimum Gasteiger partial charge on any atom is -0.508 e. The molecule has 0 bridgehead atoms. The van der Waals surface area contributed by atoms with Gasteiger partial charge in [-0.25, -0.2) is 4.79 Å². The molecule has 0 aliphatic rings. The van der Waals surface area contributed by atoms with Gasteiger partial charge in [-0.3, -0.25) is 19.2 Å². The second-order valence-corrected chi connectivity index (χ2v) is 9.55. The number of hydrogen-bond acceptors (Lipinski definition) is 8. The molecule has 0 aliphatic heterocycles. The molecule has 1 aromatic carbocycles. The first-order valence-electron chi connectivity index (χ1n) is 12.0. The van der Waals surface area contributed by atoms with Gasteiger partial charge in [-0.05, 0) is 59.2 Å². The third kappa shape index (κ3) is 10.8. The maximum atomic E-state index is 13.7. The molecule has 12 nitrogen and oxygen atoms in total. The van der Waals surface area contributed by atoms with Gasteiger partial charge >= 0.3 is 12.1 Å². The van der Waals surface area contributed by atoms with Crippen molar-refractivity contribution in [3.63, 3.8) is 0 Å². The number of primary amides is 1. The van der Waals surface area contributed by atoms with Crippen LogP contribution in [0.15, 0.2) is 24.3 Å². The molecule has 12 heteroatoms. The van der Waals surface area contributed by atoms with Gasteiger partial charge in [0.05, 0.1) is 19.4 Å². The first-order chi connectivity index (χ1) is 17.2. The number of alkyl carbamates (subject to hydrolysis) is 1. The highest BCUT2D eigenvalue weighted by Gasteiger charge is 2.38. The van der Waals surface area contributed by atoms with Crippen molar-refractivity contribution in [2.24, 2.45) is 5.73 Å². The van der Waals surface area contributed by atoms with E-state index in [9.17, 15) is 29.1 Å². The monoisotopic (exact) mass is 522 g/mol. The summed E-state index contributed by atoms with van der Waals surface area (Å²) in [6.45, 7) is 10.0. The number of phenolic OH excluding ortho intramolecular Hbond substituents is 1. The Morgan fingerprint density at radius 2 is 1.68 bits per heavy atom. The highest BCUT2D eigenvalue weighted by atomic mass is 16.6. The van der Waals surface area contributed by atoms with Crippen LogP contribution in [0.25, 0.3) is 0 Å². The molecule has 2 unspecified atom stereocenters. The minimum absolute atomic E-state index is 0.0484. The number of hydrogen-bond donors (Lipinski definition) is 4. The van der Waals surface area contributed by atoms with Crippen LogP contribution in [0.4, 0.5) is 4.79 Å². The Balaban J connectivity index is 3.36. The third-order valence-electron chi connectivity index (χ3n) is 4.87.